The summed E-state index contributed by atoms with van der Waals surface area (Å²) < 4.78 is 6.17. The van der Waals surface area contributed by atoms with Crippen molar-refractivity contribution >= 4 is 21.4 Å². The lowest BCUT2D eigenvalue weighted by molar-refractivity contribution is 0.223. The third-order valence-corrected chi connectivity index (χ3v) is 3.74. The molecule has 0 radical (unpaired) electrons. The van der Waals surface area contributed by atoms with Gasteiger partial charge in [-0.25, -0.2) is 0 Å². The normalized spacial score (nSPS) is 13.1. The third kappa shape index (κ3) is 1.54. The number of rotatable bonds is 2. The summed E-state index contributed by atoms with van der Waals surface area (Å²) in [7, 11) is 0. The first-order valence-electron chi connectivity index (χ1n) is 5.03. The quantitative estimate of drug-likeness (QED) is 0.730. The van der Waals surface area contributed by atoms with Crippen LogP contribution in [0.25, 0.3) is 10.1 Å². The van der Waals surface area contributed by atoms with Gasteiger partial charge in [0.05, 0.1) is 12.5 Å². The van der Waals surface area contributed by atoms with Crippen molar-refractivity contribution in [1.29, 1.82) is 0 Å². The van der Waals surface area contributed by atoms with Gasteiger partial charge in [-0.05, 0) is 23.6 Å². The molecule has 3 rings (SSSR count). The lowest BCUT2D eigenvalue weighted by Crippen LogP contribution is -1.93. The number of hydrogen-bond acceptors (Lipinski definition) is 3. The molecule has 2 aromatic heterocycles. The average Bonchev–Trinajstić information content (AvgIpc) is 2.97. The molecule has 0 bridgehead atoms. The fraction of sp³-hybridized carbons (Fsp3) is 0.0769. The molecule has 0 aliphatic rings. The molecule has 0 spiro atoms. The molecule has 1 aromatic carbocycles. The second-order valence-electron chi connectivity index (χ2n) is 3.65. The van der Waals surface area contributed by atoms with E-state index >= 15 is 0 Å². The Morgan fingerprint density at radius 3 is 2.81 bits per heavy atom. The highest BCUT2D eigenvalue weighted by Gasteiger charge is 2.14. The summed E-state index contributed by atoms with van der Waals surface area (Å²) in [5.74, 6) is 0. The number of furan rings is 1. The van der Waals surface area contributed by atoms with Gasteiger partial charge in [0.1, 0.15) is 6.10 Å². The van der Waals surface area contributed by atoms with Crippen LogP contribution in [0.3, 0.4) is 0 Å². The first kappa shape index (κ1) is 9.63. The van der Waals surface area contributed by atoms with Crippen LogP contribution in [-0.4, -0.2) is 5.11 Å². The molecule has 0 aliphatic carbocycles. The first-order valence-corrected chi connectivity index (χ1v) is 5.85. The molecule has 3 heteroatoms. The van der Waals surface area contributed by atoms with Crippen LogP contribution in [0.5, 0.6) is 0 Å². The Bertz CT molecular complexity index is 562. The van der Waals surface area contributed by atoms with E-state index < -0.39 is 6.10 Å². The monoisotopic (exact) mass is 230 g/mol. The number of fused-ring (bicyclic) bond motifs is 1. The number of benzene rings is 1. The van der Waals surface area contributed by atoms with Gasteiger partial charge in [0.2, 0.25) is 0 Å². The Morgan fingerprint density at radius 1 is 1.19 bits per heavy atom. The van der Waals surface area contributed by atoms with Gasteiger partial charge in [-0.3, -0.25) is 0 Å². The molecule has 1 atom stereocenters. The Morgan fingerprint density at radius 2 is 2.06 bits per heavy atom. The van der Waals surface area contributed by atoms with Crippen LogP contribution in [0.4, 0.5) is 0 Å². The minimum Gasteiger partial charge on any atom is -0.472 e. The Kier molecular flexibility index (Phi) is 2.27. The maximum absolute atomic E-state index is 10.1. The van der Waals surface area contributed by atoms with Crippen molar-refractivity contribution in [3.05, 3.63) is 59.4 Å². The van der Waals surface area contributed by atoms with Gasteiger partial charge in [-0.15, -0.1) is 11.3 Å². The fourth-order valence-corrected chi connectivity index (χ4v) is 2.81. The van der Waals surface area contributed by atoms with Crippen molar-refractivity contribution in [2.45, 2.75) is 6.10 Å². The second-order valence-corrected chi connectivity index (χ2v) is 4.76. The number of aliphatic hydroxyl groups excluding tert-OH is 1. The number of hydrogen-bond donors (Lipinski definition) is 1. The highest BCUT2D eigenvalue weighted by molar-refractivity contribution is 7.19. The minimum absolute atomic E-state index is 0.587. The summed E-state index contributed by atoms with van der Waals surface area (Å²) in [5, 5.41) is 11.3. The lowest BCUT2D eigenvalue weighted by Gasteiger charge is -2.03. The van der Waals surface area contributed by atoms with E-state index in [-0.39, 0.29) is 0 Å². The zero-order valence-electron chi connectivity index (χ0n) is 8.46. The van der Waals surface area contributed by atoms with Gasteiger partial charge in [-0.1, -0.05) is 18.2 Å². The van der Waals surface area contributed by atoms with Crippen molar-refractivity contribution in [2.75, 3.05) is 0 Å². The first-order chi connectivity index (χ1) is 7.84. The van der Waals surface area contributed by atoms with Crippen LogP contribution in [0, 0.1) is 0 Å². The van der Waals surface area contributed by atoms with Crippen LogP contribution in [0.15, 0.2) is 53.3 Å². The third-order valence-electron chi connectivity index (χ3n) is 2.57. The van der Waals surface area contributed by atoms with Crippen LogP contribution < -0.4 is 0 Å². The van der Waals surface area contributed by atoms with Gasteiger partial charge in [0, 0.05) is 15.1 Å². The van der Waals surface area contributed by atoms with Crippen LogP contribution in [-0.2, 0) is 0 Å². The minimum atomic E-state index is -0.587. The molecule has 0 aliphatic heterocycles. The zero-order chi connectivity index (χ0) is 11.0. The Labute approximate surface area is 96.8 Å². The molecule has 80 valence electrons. The Hall–Kier alpha value is -1.58. The lowest BCUT2D eigenvalue weighted by atomic mass is 10.1. The average molecular weight is 230 g/mol. The van der Waals surface area contributed by atoms with Crippen molar-refractivity contribution in [2.24, 2.45) is 0 Å². The molecular weight excluding hydrogens is 220 g/mol. The zero-order valence-corrected chi connectivity index (χ0v) is 9.28. The summed E-state index contributed by atoms with van der Waals surface area (Å²) in [5.41, 5.74) is 0.798. The van der Waals surface area contributed by atoms with Gasteiger partial charge in [-0.2, -0.15) is 0 Å². The van der Waals surface area contributed by atoms with Crippen molar-refractivity contribution in [3.8, 4) is 0 Å². The maximum atomic E-state index is 10.1. The number of aliphatic hydroxyl groups is 1. The topological polar surface area (TPSA) is 33.4 Å². The summed E-state index contributed by atoms with van der Waals surface area (Å²) in [4.78, 5) is 0.947. The standard InChI is InChI=1S/C13H10O2S/c14-13(10-5-6-15-8-10)12-7-9-3-1-2-4-11(9)16-12/h1-8,13-14H. The van der Waals surface area contributed by atoms with Crippen LogP contribution in [0.2, 0.25) is 0 Å². The van der Waals surface area contributed by atoms with Gasteiger partial charge in [0.25, 0.3) is 0 Å². The molecular formula is C13H10O2S. The molecule has 16 heavy (non-hydrogen) atoms. The fourth-order valence-electron chi connectivity index (χ4n) is 1.73. The molecule has 0 fully saturated rings. The van der Waals surface area contributed by atoms with E-state index in [1.165, 1.54) is 10.1 Å². The summed E-state index contributed by atoms with van der Waals surface area (Å²) in [6.07, 6.45) is 2.57. The van der Waals surface area contributed by atoms with Crippen molar-refractivity contribution in [1.82, 2.24) is 0 Å². The maximum Gasteiger partial charge on any atom is 0.116 e. The number of thiophene rings is 1. The molecule has 0 saturated heterocycles. The second kappa shape index (κ2) is 3.77. The molecule has 3 aromatic rings. The van der Waals surface area contributed by atoms with E-state index in [0.29, 0.717) is 0 Å². The summed E-state index contributed by atoms with van der Waals surface area (Å²) >= 11 is 1.61. The smallest absolute Gasteiger partial charge is 0.116 e. The summed E-state index contributed by atoms with van der Waals surface area (Å²) in [6.45, 7) is 0. The van der Waals surface area contributed by atoms with Gasteiger partial charge in [0.15, 0.2) is 0 Å². The van der Waals surface area contributed by atoms with Crippen molar-refractivity contribution < 1.29 is 9.52 Å². The molecule has 1 unspecified atom stereocenters. The SMILES string of the molecule is OC(c1ccoc1)c1cc2ccccc2s1. The van der Waals surface area contributed by atoms with E-state index in [2.05, 4.69) is 12.1 Å². The highest BCUT2D eigenvalue weighted by atomic mass is 32.1. The van der Waals surface area contributed by atoms with E-state index in [1.54, 1.807) is 29.9 Å². The van der Waals surface area contributed by atoms with Crippen LogP contribution in [0.1, 0.15) is 16.5 Å². The molecule has 0 saturated carbocycles. The van der Waals surface area contributed by atoms with Gasteiger partial charge < -0.3 is 9.52 Å². The molecule has 2 heterocycles. The predicted octanol–water partition coefficient (Wildman–Crippen LogP) is 3.58. The highest BCUT2D eigenvalue weighted by Crippen LogP contribution is 2.32. The van der Waals surface area contributed by atoms with E-state index in [4.69, 9.17) is 4.42 Å². The van der Waals surface area contributed by atoms with Crippen molar-refractivity contribution in [3.63, 3.8) is 0 Å². The predicted molar refractivity (Wildman–Crippen MR) is 64.6 cm³/mol. The van der Waals surface area contributed by atoms with Crippen LogP contribution >= 0.6 is 11.3 Å². The molecule has 0 amide bonds. The van der Waals surface area contributed by atoms with E-state index in [1.807, 2.05) is 18.2 Å². The Balaban J connectivity index is 2.06. The molecule has 1 N–H and O–H groups in total. The van der Waals surface area contributed by atoms with Gasteiger partial charge >= 0.3 is 0 Å². The summed E-state index contributed by atoms with van der Waals surface area (Å²) in [6, 6.07) is 11.9. The van der Waals surface area contributed by atoms with E-state index in [0.717, 1.165) is 10.4 Å². The molecule has 2 nitrogen and oxygen atoms in total. The van der Waals surface area contributed by atoms with E-state index in [9.17, 15) is 5.11 Å². The largest absolute Gasteiger partial charge is 0.472 e.